The highest BCUT2D eigenvalue weighted by molar-refractivity contribution is 6.04. The number of hydrogen-bond donors (Lipinski definition) is 1. The molecule has 2 heterocycles. The Morgan fingerprint density at radius 3 is 2.64 bits per heavy atom. The van der Waals surface area contributed by atoms with Crippen LogP contribution in [0.3, 0.4) is 0 Å². The Balaban J connectivity index is 1.34. The van der Waals surface area contributed by atoms with Gasteiger partial charge in [-0.25, -0.2) is 0 Å². The summed E-state index contributed by atoms with van der Waals surface area (Å²) >= 11 is 0. The van der Waals surface area contributed by atoms with Crippen molar-refractivity contribution in [1.29, 1.82) is 0 Å². The van der Waals surface area contributed by atoms with Crippen LogP contribution in [0.15, 0.2) is 36.4 Å². The summed E-state index contributed by atoms with van der Waals surface area (Å²) in [5.74, 6) is 1.73. The summed E-state index contributed by atoms with van der Waals surface area (Å²) in [6.45, 7) is 0.685. The van der Waals surface area contributed by atoms with Gasteiger partial charge < -0.3 is 19.5 Å². The maximum Gasteiger partial charge on any atom is 0.255 e. The Morgan fingerprint density at radius 2 is 1.76 bits per heavy atom. The van der Waals surface area contributed by atoms with Gasteiger partial charge >= 0.3 is 0 Å². The number of hydrogen-bond acceptors (Lipinski definition) is 4. The van der Waals surface area contributed by atoms with Crippen molar-refractivity contribution in [3.8, 4) is 17.2 Å². The highest BCUT2D eigenvalue weighted by atomic mass is 16.7. The third-order valence-electron chi connectivity index (χ3n) is 5.11. The quantitative estimate of drug-likeness (QED) is 0.902. The number of anilines is 1. The molecule has 0 bridgehead atoms. The lowest BCUT2D eigenvalue weighted by atomic mass is 10.1. The molecular weight excluding hydrogens is 318 g/mol. The fourth-order valence-electron chi connectivity index (χ4n) is 3.82. The van der Waals surface area contributed by atoms with E-state index in [-0.39, 0.29) is 5.91 Å². The molecule has 1 spiro atoms. The minimum Gasteiger partial charge on any atom is -0.493 e. The summed E-state index contributed by atoms with van der Waals surface area (Å²) in [5, 5.41) is 2.94. The van der Waals surface area contributed by atoms with Gasteiger partial charge in [0.15, 0.2) is 11.5 Å². The number of amides is 1. The fourth-order valence-corrected chi connectivity index (χ4v) is 3.82. The highest BCUT2D eigenvalue weighted by Gasteiger charge is 2.44. The molecular formula is C20H19NO4. The Hall–Kier alpha value is -2.69. The maximum absolute atomic E-state index is 12.5. The predicted octanol–water partition coefficient (Wildman–Crippen LogP) is 3.92. The van der Waals surface area contributed by atoms with Crippen LogP contribution in [0.5, 0.6) is 17.2 Å². The minimum atomic E-state index is -0.481. The van der Waals surface area contributed by atoms with Crippen molar-refractivity contribution in [2.24, 2.45) is 0 Å². The molecule has 1 amide bonds. The summed E-state index contributed by atoms with van der Waals surface area (Å²) in [6, 6.07) is 11.1. The van der Waals surface area contributed by atoms with E-state index in [2.05, 4.69) is 5.32 Å². The molecule has 2 aromatic rings. The second-order valence-corrected chi connectivity index (χ2v) is 6.86. The van der Waals surface area contributed by atoms with E-state index in [0.717, 1.165) is 49.2 Å². The highest BCUT2D eigenvalue weighted by Crippen LogP contribution is 2.47. The fraction of sp³-hybridized carbons (Fsp3) is 0.350. The first-order chi connectivity index (χ1) is 12.2. The second-order valence-electron chi connectivity index (χ2n) is 6.86. The topological polar surface area (TPSA) is 56.8 Å². The molecule has 0 saturated heterocycles. The lowest BCUT2D eigenvalue weighted by Crippen LogP contribution is -2.34. The molecule has 5 rings (SSSR count). The van der Waals surface area contributed by atoms with Crippen LogP contribution in [0.1, 0.15) is 41.6 Å². The van der Waals surface area contributed by atoms with Crippen LogP contribution in [0, 0.1) is 0 Å². The predicted molar refractivity (Wildman–Crippen MR) is 92.5 cm³/mol. The zero-order valence-electron chi connectivity index (χ0n) is 13.8. The van der Waals surface area contributed by atoms with Crippen LogP contribution in [-0.4, -0.2) is 18.3 Å². The zero-order chi connectivity index (χ0) is 16.9. The van der Waals surface area contributed by atoms with E-state index in [1.165, 1.54) is 0 Å². The molecule has 2 aromatic carbocycles. The first kappa shape index (κ1) is 14.6. The van der Waals surface area contributed by atoms with E-state index in [4.69, 9.17) is 14.2 Å². The van der Waals surface area contributed by atoms with Crippen LogP contribution in [0.4, 0.5) is 5.69 Å². The lowest BCUT2D eigenvalue weighted by molar-refractivity contribution is -0.0716. The summed E-state index contributed by atoms with van der Waals surface area (Å²) < 4.78 is 17.5. The van der Waals surface area contributed by atoms with Gasteiger partial charge in [-0.15, -0.1) is 0 Å². The van der Waals surface area contributed by atoms with Crippen LogP contribution >= 0.6 is 0 Å². The van der Waals surface area contributed by atoms with Gasteiger partial charge in [-0.05, 0) is 48.7 Å². The number of ether oxygens (including phenoxy) is 3. The first-order valence-corrected chi connectivity index (χ1v) is 8.80. The van der Waals surface area contributed by atoms with Crippen molar-refractivity contribution in [2.75, 3.05) is 11.9 Å². The smallest absolute Gasteiger partial charge is 0.255 e. The molecule has 0 radical (unpaired) electrons. The van der Waals surface area contributed by atoms with E-state index in [1.807, 2.05) is 30.3 Å². The standard InChI is InChI=1S/C20H19NO4/c22-19(14-3-5-16-13(11-14)7-10-23-16)21-15-4-6-17-18(12-15)25-20(24-17)8-1-2-9-20/h3-6,11-12H,1-2,7-10H2,(H,21,22). The molecule has 5 nitrogen and oxygen atoms in total. The summed E-state index contributed by atoms with van der Waals surface area (Å²) in [7, 11) is 0. The van der Waals surface area contributed by atoms with E-state index < -0.39 is 5.79 Å². The van der Waals surface area contributed by atoms with Gasteiger partial charge in [0.1, 0.15) is 5.75 Å². The second kappa shape index (κ2) is 5.41. The first-order valence-electron chi connectivity index (χ1n) is 8.80. The van der Waals surface area contributed by atoms with Gasteiger partial charge in [-0.2, -0.15) is 0 Å². The lowest BCUT2D eigenvalue weighted by Gasteiger charge is -2.21. The molecule has 0 aromatic heterocycles. The van der Waals surface area contributed by atoms with Crippen molar-refractivity contribution >= 4 is 11.6 Å². The molecule has 1 N–H and O–H groups in total. The maximum atomic E-state index is 12.5. The molecule has 1 fully saturated rings. The molecule has 2 aliphatic heterocycles. The van der Waals surface area contributed by atoms with Crippen molar-refractivity contribution in [3.05, 3.63) is 47.5 Å². The normalized spacial score (nSPS) is 18.9. The third kappa shape index (κ3) is 2.51. The largest absolute Gasteiger partial charge is 0.493 e. The third-order valence-corrected chi connectivity index (χ3v) is 5.11. The minimum absolute atomic E-state index is 0.135. The van der Waals surface area contributed by atoms with Crippen LogP contribution in [0.2, 0.25) is 0 Å². The molecule has 128 valence electrons. The molecule has 0 atom stereocenters. The van der Waals surface area contributed by atoms with Crippen molar-refractivity contribution < 1.29 is 19.0 Å². The van der Waals surface area contributed by atoms with E-state index in [1.54, 1.807) is 6.07 Å². The average Bonchev–Trinajstić information content (AvgIpc) is 3.33. The molecule has 1 saturated carbocycles. The zero-order valence-corrected chi connectivity index (χ0v) is 13.8. The number of rotatable bonds is 2. The SMILES string of the molecule is O=C(Nc1ccc2c(c1)OC1(CCCC1)O2)c1ccc2c(c1)CCO2. The molecule has 0 unspecified atom stereocenters. The Kier molecular flexibility index (Phi) is 3.17. The molecule has 3 aliphatic rings. The van der Waals surface area contributed by atoms with E-state index >= 15 is 0 Å². The van der Waals surface area contributed by atoms with Crippen molar-refractivity contribution in [2.45, 2.75) is 37.9 Å². The number of nitrogens with one attached hydrogen (secondary N) is 1. The van der Waals surface area contributed by atoms with Gasteiger partial charge in [0.2, 0.25) is 0 Å². The molecule has 5 heteroatoms. The summed E-state index contributed by atoms with van der Waals surface area (Å²) in [5.41, 5.74) is 2.43. The van der Waals surface area contributed by atoms with Gasteiger partial charge in [-0.3, -0.25) is 4.79 Å². The average molecular weight is 337 g/mol. The number of fused-ring (bicyclic) bond motifs is 2. The number of benzene rings is 2. The van der Waals surface area contributed by atoms with Crippen LogP contribution < -0.4 is 19.5 Å². The number of carbonyl (C=O) groups excluding carboxylic acids is 1. The van der Waals surface area contributed by atoms with Crippen LogP contribution in [0.25, 0.3) is 0 Å². The molecule has 1 aliphatic carbocycles. The van der Waals surface area contributed by atoms with E-state index in [9.17, 15) is 4.79 Å². The summed E-state index contributed by atoms with van der Waals surface area (Å²) in [4.78, 5) is 12.5. The summed E-state index contributed by atoms with van der Waals surface area (Å²) in [6.07, 6.45) is 4.93. The monoisotopic (exact) mass is 337 g/mol. The van der Waals surface area contributed by atoms with Gasteiger partial charge in [-0.1, -0.05) is 0 Å². The Morgan fingerprint density at radius 1 is 0.960 bits per heavy atom. The van der Waals surface area contributed by atoms with Crippen molar-refractivity contribution in [1.82, 2.24) is 0 Å². The van der Waals surface area contributed by atoms with E-state index in [0.29, 0.717) is 23.6 Å². The van der Waals surface area contributed by atoms with Gasteiger partial charge in [0, 0.05) is 36.6 Å². The van der Waals surface area contributed by atoms with Crippen molar-refractivity contribution in [3.63, 3.8) is 0 Å². The Labute approximate surface area is 145 Å². The number of carbonyl (C=O) groups is 1. The Bertz CT molecular complexity index is 855. The van der Waals surface area contributed by atoms with Gasteiger partial charge in [0.25, 0.3) is 11.7 Å². The van der Waals surface area contributed by atoms with Gasteiger partial charge in [0.05, 0.1) is 6.61 Å². The molecule has 25 heavy (non-hydrogen) atoms. The van der Waals surface area contributed by atoms with Crippen LogP contribution in [-0.2, 0) is 6.42 Å².